The number of nitrogens with zero attached hydrogens (tertiary/aromatic N) is 3. The quantitative estimate of drug-likeness (QED) is 0.613. The van der Waals surface area contributed by atoms with E-state index >= 15 is 0 Å². The van der Waals surface area contributed by atoms with Crippen LogP contribution < -0.4 is 0 Å². The maximum Gasteiger partial charge on any atom is 0.359 e. The third-order valence-electron chi connectivity index (χ3n) is 1.26. The smallest absolute Gasteiger partial charge is 0.359 e. The standard InChI is InChI=1S/C8H7N3O2/c1-6-4-11-7(5-10-6)8(12)13-3-2-9/h4-5H,3H2,1H3. The summed E-state index contributed by atoms with van der Waals surface area (Å²) in [7, 11) is 0. The van der Waals surface area contributed by atoms with Crippen molar-refractivity contribution in [1.82, 2.24) is 9.97 Å². The molecule has 1 heterocycles. The van der Waals surface area contributed by atoms with E-state index in [0.29, 0.717) is 0 Å². The average molecular weight is 177 g/mol. The van der Waals surface area contributed by atoms with E-state index in [1.807, 2.05) is 0 Å². The van der Waals surface area contributed by atoms with Crippen molar-refractivity contribution in [3.8, 4) is 6.07 Å². The highest BCUT2D eigenvalue weighted by atomic mass is 16.5. The van der Waals surface area contributed by atoms with Gasteiger partial charge in [0, 0.05) is 6.20 Å². The van der Waals surface area contributed by atoms with Crippen molar-refractivity contribution in [3.05, 3.63) is 23.8 Å². The van der Waals surface area contributed by atoms with Gasteiger partial charge in [-0.3, -0.25) is 4.98 Å². The minimum atomic E-state index is -0.631. The van der Waals surface area contributed by atoms with E-state index in [4.69, 9.17) is 5.26 Å². The number of aryl methyl sites for hydroxylation is 1. The number of rotatable bonds is 2. The molecule has 0 fully saturated rings. The molecule has 0 aliphatic heterocycles. The van der Waals surface area contributed by atoms with Crippen LogP contribution >= 0.6 is 0 Å². The summed E-state index contributed by atoms with van der Waals surface area (Å²) in [6.07, 6.45) is 2.78. The average Bonchev–Trinajstić information content (AvgIpc) is 2.15. The van der Waals surface area contributed by atoms with Gasteiger partial charge in [-0.1, -0.05) is 0 Å². The van der Waals surface area contributed by atoms with Crippen LogP contribution in [0.1, 0.15) is 16.2 Å². The predicted octanol–water partition coefficient (Wildman–Crippen LogP) is 0.465. The highest BCUT2D eigenvalue weighted by molar-refractivity contribution is 5.86. The molecule has 0 radical (unpaired) electrons. The summed E-state index contributed by atoms with van der Waals surface area (Å²) in [5.74, 6) is -0.631. The molecule has 0 amide bonds. The highest BCUT2D eigenvalue weighted by Gasteiger charge is 2.07. The fourth-order valence-electron chi connectivity index (χ4n) is 0.670. The lowest BCUT2D eigenvalue weighted by molar-refractivity contribution is 0.0547. The molecule has 0 unspecified atom stereocenters. The van der Waals surface area contributed by atoms with Crippen LogP contribution in [0.4, 0.5) is 0 Å². The lowest BCUT2D eigenvalue weighted by atomic mass is 10.4. The van der Waals surface area contributed by atoms with Gasteiger partial charge in [-0.2, -0.15) is 5.26 Å². The van der Waals surface area contributed by atoms with Crippen LogP contribution in [0.3, 0.4) is 0 Å². The van der Waals surface area contributed by atoms with Crippen LogP contribution in [0.15, 0.2) is 12.4 Å². The van der Waals surface area contributed by atoms with Crippen molar-refractivity contribution >= 4 is 5.97 Å². The molecule has 0 spiro atoms. The van der Waals surface area contributed by atoms with Gasteiger partial charge < -0.3 is 4.74 Å². The zero-order valence-electron chi connectivity index (χ0n) is 7.02. The van der Waals surface area contributed by atoms with E-state index in [2.05, 4.69) is 14.7 Å². The summed E-state index contributed by atoms with van der Waals surface area (Å²) in [5.41, 5.74) is 0.831. The number of aromatic nitrogens is 2. The maximum absolute atomic E-state index is 11.0. The lowest BCUT2D eigenvalue weighted by Crippen LogP contribution is -2.08. The molecule has 0 saturated carbocycles. The monoisotopic (exact) mass is 177 g/mol. The van der Waals surface area contributed by atoms with Crippen molar-refractivity contribution < 1.29 is 9.53 Å². The first kappa shape index (κ1) is 9.13. The molecule has 0 N–H and O–H groups in total. The van der Waals surface area contributed by atoms with Crippen LogP contribution in [-0.2, 0) is 4.74 Å². The Kier molecular flexibility index (Phi) is 2.92. The van der Waals surface area contributed by atoms with Gasteiger partial charge in [0.2, 0.25) is 0 Å². The highest BCUT2D eigenvalue weighted by Crippen LogP contribution is 1.96. The van der Waals surface area contributed by atoms with Crippen molar-refractivity contribution in [2.24, 2.45) is 0 Å². The maximum atomic E-state index is 11.0. The van der Waals surface area contributed by atoms with Gasteiger partial charge in [-0.05, 0) is 6.92 Å². The Morgan fingerprint density at radius 2 is 2.38 bits per heavy atom. The van der Waals surface area contributed by atoms with E-state index in [1.165, 1.54) is 12.4 Å². The molecule has 13 heavy (non-hydrogen) atoms. The first-order valence-corrected chi connectivity index (χ1v) is 3.57. The minimum absolute atomic E-state index is 0.112. The van der Waals surface area contributed by atoms with Crippen molar-refractivity contribution in [2.75, 3.05) is 6.61 Å². The molecule has 66 valence electrons. The molecule has 0 bridgehead atoms. The Hall–Kier alpha value is -1.96. The van der Waals surface area contributed by atoms with Gasteiger partial charge in [0.05, 0.1) is 11.9 Å². The van der Waals surface area contributed by atoms with E-state index in [-0.39, 0.29) is 12.3 Å². The molecule has 0 aromatic carbocycles. The van der Waals surface area contributed by atoms with Gasteiger partial charge in [0.1, 0.15) is 6.07 Å². The number of hydrogen-bond acceptors (Lipinski definition) is 5. The number of nitriles is 1. The number of ether oxygens (including phenoxy) is 1. The van der Waals surface area contributed by atoms with Gasteiger partial charge in [0.15, 0.2) is 12.3 Å². The third kappa shape index (κ3) is 2.52. The van der Waals surface area contributed by atoms with E-state index in [1.54, 1.807) is 13.0 Å². The zero-order valence-corrected chi connectivity index (χ0v) is 7.02. The largest absolute Gasteiger partial charge is 0.446 e. The van der Waals surface area contributed by atoms with Crippen LogP contribution in [0.25, 0.3) is 0 Å². The lowest BCUT2D eigenvalue weighted by Gasteiger charge is -1.98. The normalized spacial score (nSPS) is 8.92. The molecule has 0 atom stereocenters. The zero-order chi connectivity index (χ0) is 9.68. The Bertz CT molecular complexity index is 339. The Morgan fingerprint density at radius 1 is 1.62 bits per heavy atom. The molecule has 1 rings (SSSR count). The summed E-state index contributed by atoms with van der Waals surface area (Å²) >= 11 is 0. The van der Waals surface area contributed by atoms with E-state index in [0.717, 1.165) is 5.69 Å². The predicted molar refractivity (Wildman–Crippen MR) is 42.7 cm³/mol. The first-order chi connectivity index (χ1) is 6.24. The fraction of sp³-hybridized carbons (Fsp3) is 0.250. The summed E-state index contributed by atoms with van der Waals surface area (Å²) in [4.78, 5) is 18.7. The number of hydrogen-bond donors (Lipinski definition) is 0. The van der Waals surface area contributed by atoms with Crippen molar-refractivity contribution in [3.63, 3.8) is 0 Å². The number of esters is 1. The molecule has 0 aliphatic rings. The van der Waals surface area contributed by atoms with Crippen molar-refractivity contribution in [1.29, 1.82) is 5.26 Å². The third-order valence-corrected chi connectivity index (χ3v) is 1.26. The topological polar surface area (TPSA) is 75.9 Å². The summed E-state index contributed by atoms with van der Waals surface area (Å²) < 4.78 is 4.51. The fourth-order valence-corrected chi connectivity index (χ4v) is 0.670. The summed E-state index contributed by atoms with van der Waals surface area (Å²) in [5, 5.41) is 8.14. The molecule has 5 heteroatoms. The second-order valence-electron chi connectivity index (χ2n) is 2.28. The van der Waals surface area contributed by atoms with Crippen LogP contribution in [0, 0.1) is 18.3 Å². The van der Waals surface area contributed by atoms with Crippen LogP contribution in [0.5, 0.6) is 0 Å². The Morgan fingerprint density at radius 3 is 2.92 bits per heavy atom. The SMILES string of the molecule is Cc1cnc(C(=O)OCC#N)cn1. The first-order valence-electron chi connectivity index (χ1n) is 3.57. The molecule has 1 aromatic rings. The summed E-state index contributed by atoms with van der Waals surface area (Å²) in [6.45, 7) is 1.49. The van der Waals surface area contributed by atoms with Gasteiger partial charge >= 0.3 is 5.97 Å². The second kappa shape index (κ2) is 4.16. The van der Waals surface area contributed by atoms with Gasteiger partial charge in [-0.15, -0.1) is 0 Å². The van der Waals surface area contributed by atoms with E-state index in [9.17, 15) is 4.79 Å². The van der Waals surface area contributed by atoms with Crippen molar-refractivity contribution in [2.45, 2.75) is 6.92 Å². The Balaban J connectivity index is 2.68. The molecule has 1 aromatic heterocycles. The second-order valence-corrected chi connectivity index (χ2v) is 2.28. The molecule has 0 aliphatic carbocycles. The van der Waals surface area contributed by atoms with E-state index < -0.39 is 5.97 Å². The van der Waals surface area contributed by atoms with Crippen LogP contribution in [0.2, 0.25) is 0 Å². The molecule has 5 nitrogen and oxygen atoms in total. The molecule has 0 saturated heterocycles. The minimum Gasteiger partial charge on any atom is -0.446 e. The van der Waals surface area contributed by atoms with Gasteiger partial charge in [0.25, 0.3) is 0 Å². The molecular weight excluding hydrogens is 170 g/mol. The molecular formula is C8H7N3O2. The van der Waals surface area contributed by atoms with Gasteiger partial charge in [-0.25, -0.2) is 9.78 Å². The summed E-state index contributed by atoms with van der Waals surface area (Å²) in [6, 6.07) is 1.69. The Labute approximate surface area is 75.0 Å². The van der Waals surface area contributed by atoms with Crippen LogP contribution in [-0.4, -0.2) is 22.5 Å². The number of carbonyl (C=O) groups excluding carboxylic acids is 1. The number of carbonyl (C=O) groups is 1.